The maximum Gasteiger partial charge on any atom is 0.330 e. The first-order chi connectivity index (χ1) is 10.5. The predicted octanol–water partition coefficient (Wildman–Crippen LogP) is 1.91. The van der Waals surface area contributed by atoms with E-state index in [1.54, 1.807) is 25.1 Å². The van der Waals surface area contributed by atoms with Crippen molar-refractivity contribution < 1.29 is 28.8 Å². The van der Waals surface area contributed by atoms with Crippen molar-refractivity contribution >= 4 is 5.97 Å². The summed E-state index contributed by atoms with van der Waals surface area (Å²) < 4.78 is 20.4. The number of methoxy groups -OCH3 is 4. The molecule has 0 saturated heterocycles. The molecule has 1 rings (SSSR count). The number of rotatable bonds is 7. The Morgan fingerprint density at radius 3 is 2.00 bits per heavy atom. The van der Waals surface area contributed by atoms with Crippen molar-refractivity contribution in [3.05, 3.63) is 29.8 Å². The van der Waals surface area contributed by atoms with E-state index in [2.05, 4.69) is 4.74 Å². The molecule has 0 aliphatic heterocycles. The van der Waals surface area contributed by atoms with Crippen LogP contribution in [0.4, 0.5) is 0 Å². The number of carbonyl (C=O) groups excluding carboxylic acids is 1. The van der Waals surface area contributed by atoms with Crippen molar-refractivity contribution in [2.45, 2.75) is 18.9 Å². The molecular weight excluding hydrogens is 288 g/mol. The van der Waals surface area contributed by atoms with Crippen LogP contribution in [0.5, 0.6) is 17.2 Å². The lowest BCUT2D eigenvalue weighted by Gasteiger charge is -2.20. The molecule has 0 radical (unpaired) electrons. The summed E-state index contributed by atoms with van der Waals surface area (Å²) >= 11 is 0. The van der Waals surface area contributed by atoms with Crippen LogP contribution in [0.15, 0.2) is 24.3 Å². The zero-order valence-corrected chi connectivity index (χ0v) is 13.5. The monoisotopic (exact) mass is 310 g/mol. The second kappa shape index (κ2) is 8.29. The topological polar surface area (TPSA) is 74.2 Å². The Balaban J connectivity index is 3.31. The van der Waals surface area contributed by atoms with Crippen LogP contribution in [0.25, 0.3) is 0 Å². The molecule has 1 aromatic rings. The van der Waals surface area contributed by atoms with Crippen LogP contribution in [0, 0.1) is 0 Å². The molecule has 0 fully saturated rings. The van der Waals surface area contributed by atoms with Gasteiger partial charge < -0.3 is 24.1 Å². The van der Waals surface area contributed by atoms with Gasteiger partial charge in [0.25, 0.3) is 0 Å². The molecule has 6 heteroatoms. The summed E-state index contributed by atoms with van der Waals surface area (Å²) in [7, 11) is 5.85. The lowest BCUT2D eigenvalue weighted by atomic mass is 9.93. The van der Waals surface area contributed by atoms with Crippen molar-refractivity contribution in [3.63, 3.8) is 0 Å². The fraction of sp³-hybridized carbons (Fsp3) is 0.438. The summed E-state index contributed by atoms with van der Waals surface area (Å²) in [5.41, 5.74) is 0.727. The number of aliphatic hydroxyl groups is 1. The molecule has 0 spiro atoms. The van der Waals surface area contributed by atoms with Gasteiger partial charge in [-0.25, -0.2) is 4.79 Å². The number of ether oxygens (including phenoxy) is 4. The number of carbonyl (C=O) groups is 1. The summed E-state index contributed by atoms with van der Waals surface area (Å²) in [6, 6.07) is 3.47. The van der Waals surface area contributed by atoms with Crippen LogP contribution in [0.3, 0.4) is 0 Å². The summed E-state index contributed by atoms with van der Waals surface area (Å²) in [5, 5.41) is 9.99. The van der Waals surface area contributed by atoms with E-state index < -0.39 is 18.0 Å². The average molecular weight is 310 g/mol. The lowest BCUT2D eigenvalue weighted by Crippen LogP contribution is -2.13. The third kappa shape index (κ3) is 4.14. The molecule has 122 valence electrons. The Bertz CT molecular complexity index is 510. The van der Waals surface area contributed by atoms with Crippen molar-refractivity contribution in [1.82, 2.24) is 0 Å². The highest BCUT2D eigenvalue weighted by atomic mass is 16.5. The Labute approximate surface area is 130 Å². The third-order valence-corrected chi connectivity index (χ3v) is 3.23. The van der Waals surface area contributed by atoms with Crippen LogP contribution in [0.1, 0.15) is 18.4 Å². The van der Waals surface area contributed by atoms with E-state index in [-0.39, 0.29) is 0 Å². The van der Waals surface area contributed by atoms with Gasteiger partial charge in [0.2, 0.25) is 5.75 Å². The van der Waals surface area contributed by atoms with Gasteiger partial charge in [0, 0.05) is 12.0 Å². The van der Waals surface area contributed by atoms with E-state index in [0.29, 0.717) is 17.2 Å². The SMILES string of the molecule is COC(=O)/C=C/C(c1cc(OC)c(OC)c(OC)c1)C(C)O. The Kier molecular flexibility index (Phi) is 6.72. The standard InChI is InChI=1S/C16H22O6/c1-10(17)12(6-7-15(18)21-4)11-8-13(19-2)16(22-5)14(9-11)20-3/h6-10,12,17H,1-5H3/b7-6+. The van der Waals surface area contributed by atoms with Crippen LogP contribution in [-0.2, 0) is 9.53 Å². The number of benzene rings is 1. The first kappa shape index (κ1) is 17.8. The average Bonchev–Trinajstić information content (AvgIpc) is 2.53. The molecule has 1 N–H and O–H groups in total. The number of esters is 1. The summed E-state index contributed by atoms with van der Waals surface area (Å²) in [5.74, 6) is 0.517. The van der Waals surface area contributed by atoms with Crippen molar-refractivity contribution in [2.75, 3.05) is 28.4 Å². The fourth-order valence-corrected chi connectivity index (χ4v) is 2.09. The molecule has 22 heavy (non-hydrogen) atoms. The van der Waals surface area contributed by atoms with Crippen LogP contribution in [-0.4, -0.2) is 45.6 Å². The first-order valence-corrected chi connectivity index (χ1v) is 6.72. The van der Waals surface area contributed by atoms with E-state index in [0.717, 1.165) is 5.56 Å². The second-order valence-electron chi connectivity index (χ2n) is 4.61. The van der Waals surface area contributed by atoms with Gasteiger partial charge in [-0.1, -0.05) is 6.08 Å². The second-order valence-corrected chi connectivity index (χ2v) is 4.61. The lowest BCUT2D eigenvalue weighted by molar-refractivity contribution is -0.134. The Morgan fingerprint density at radius 2 is 1.64 bits per heavy atom. The van der Waals surface area contributed by atoms with Gasteiger partial charge in [0.15, 0.2) is 11.5 Å². The molecule has 0 amide bonds. The molecule has 0 bridgehead atoms. The van der Waals surface area contributed by atoms with E-state index >= 15 is 0 Å². The first-order valence-electron chi connectivity index (χ1n) is 6.72. The predicted molar refractivity (Wildman–Crippen MR) is 81.7 cm³/mol. The fourth-order valence-electron chi connectivity index (χ4n) is 2.09. The van der Waals surface area contributed by atoms with Crippen LogP contribution >= 0.6 is 0 Å². The van der Waals surface area contributed by atoms with Gasteiger partial charge in [0.1, 0.15) is 0 Å². The Morgan fingerprint density at radius 1 is 1.09 bits per heavy atom. The van der Waals surface area contributed by atoms with Crippen LogP contribution < -0.4 is 14.2 Å². The normalized spacial score (nSPS) is 13.5. The van der Waals surface area contributed by atoms with Crippen LogP contribution in [0.2, 0.25) is 0 Å². The zero-order valence-electron chi connectivity index (χ0n) is 13.5. The van der Waals surface area contributed by atoms with Gasteiger partial charge in [0.05, 0.1) is 34.5 Å². The van der Waals surface area contributed by atoms with Gasteiger partial charge >= 0.3 is 5.97 Å². The number of hydrogen-bond acceptors (Lipinski definition) is 6. The van der Waals surface area contributed by atoms with Gasteiger partial charge in [-0.3, -0.25) is 0 Å². The maximum atomic E-state index is 11.3. The highest BCUT2D eigenvalue weighted by Crippen LogP contribution is 2.40. The zero-order chi connectivity index (χ0) is 16.7. The third-order valence-electron chi connectivity index (χ3n) is 3.23. The van der Waals surface area contributed by atoms with E-state index in [4.69, 9.17) is 14.2 Å². The van der Waals surface area contributed by atoms with Crippen molar-refractivity contribution in [1.29, 1.82) is 0 Å². The summed E-state index contributed by atoms with van der Waals surface area (Å²) in [6.45, 7) is 1.63. The highest BCUT2D eigenvalue weighted by Gasteiger charge is 2.20. The molecule has 0 heterocycles. The van der Waals surface area contributed by atoms with Gasteiger partial charge in [-0.2, -0.15) is 0 Å². The van der Waals surface area contributed by atoms with Gasteiger partial charge in [-0.05, 0) is 24.6 Å². The highest BCUT2D eigenvalue weighted by molar-refractivity contribution is 5.82. The minimum absolute atomic E-state index is 0.423. The van der Waals surface area contributed by atoms with Crippen molar-refractivity contribution in [2.24, 2.45) is 0 Å². The van der Waals surface area contributed by atoms with E-state index in [1.807, 2.05) is 0 Å². The molecular formula is C16H22O6. The number of hydrogen-bond donors (Lipinski definition) is 1. The molecule has 0 aliphatic rings. The largest absolute Gasteiger partial charge is 0.493 e. The maximum absolute atomic E-state index is 11.3. The molecule has 1 aromatic carbocycles. The van der Waals surface area contributed by atoms with E-state index in [9.17, 15) is 9.90 Å². The Hall–Kier alpha value is -2.21. The molecule has 6 nitrogen and oxygen atoms in total. The quantitative estimate of drug-likeness (QED) is 0.612. The molecule has 0 saturated carbocycles. The van der Waals surface area contributed by atoms with Gasteiger partial charge in [-0.15, -0.1) is 0 Å². The molecule has 0 aromatic heterocycles. The molecule has 2 unspecified atom stereocenters. The van der Waals surface area contributed by atoms with Crippen molar-refractivity contribution in [3.8, 4) is 17.2 Å². The minimum Gasteiger partial charge on any atom is -0.493 e. The smallest absolute Gasteiger partial charge is 0.330 e. The minimum atomic E-state index is -0.719. The number of aliphatic hydroxyl groups excluding tert-OH is 1. The van der Waals surface area contributed by atoms with E-state index in [1.165, 1.54) is 34.5 Å². The molecule has 0 aliphatic carbocycles. The molecule has 2 atom stereocenters. The summed E-state index contributed by atoms with van der Waals surface area (Å²) in [6.07, 6.45) is 2.14. The summed E-state index contributed by atoms with van der Waals surface area (Å²) in [4.78, 5) is 11.3.